The van der Waals surface area contributed by atoms with Crippen LogP contribution in [0.25, 0.3) is 0 Å². The largest absolute Gasteiger partial charge is 0.399 e. The van der Waals surface area contributed by atoms with E-state index in [9.17, 15) is 8.78 Å². The van der Waals surface area contributed by atoms with Crippen molar-refractivity contribution in [2.75, 3.05) is 25.9 Å². The third-order valence-corrected chi connectivity index (χ3v) is 2.18. The van der Waals surface area contributed by atoms with E-state index < -0.39 is 6.43 Å². The number of alkyl halides is 2. The van der Waals surface area contributed by atoms with Crippen LogP contribution in [0.15, 0.2) is 24.3 Å². The Labute approximate surface area is 88.7 Å². The summed E-state index contributed by atoms with van der Waals surface area (Å²) in [5.74, 6) is 0. The van der Waals surface area contributed by atoms with Crippen LogP contribution in [-0.4, -0.2) is 31.5 Å². The van der Waals surface area contributed by atoms with E-state index in [2.05, 4.69) is 0 Å². The van der Waals surface area contributed by atoms with Gasteiger partial charge in [0, 0.05) is 12.2 Å². The number of nitrogens with zero attached hydrogens (tertiary/aromatic N) is 1. The van der Waals surface area contributed by atoms with Crippen LogP contribution in [0.5, 0.6) is 0 Å². The number of anilines is 1. The van der Waals surface area contributed by atoms with Crippen LogP contribution in [0.2, 0.25) is 0 Å². The van der Waals surface area contributed by atoms with Crippen molar-refractivity contribution in [3.05, 3.63) is 29.8 Å². The van der Waals surface area contributed by atoms with Gasteiger partial charge in [0.15, 0.2) is 0 Å². The second-order valence-electron chi connectivity index (χ2n) is 3.65. The highest BCUT2D eigenvalue weighted by Gasteiger charge is 2.07. The van der Waals surface area contributed by atoms with E-state index in [-0.39, 0.29) is 6.54 Å². The lowest BCUT2D eigenvalue weighted by Crippen LogP contribution is -2.26. The monoisotopic (exact) mass is 214 g/mol. The van der Waals surface area contributed by atoms with Gasteiger partial charge in [-0.3, -0.25) is 0 Å². The number of likely N-dealkylation sites (N-methyl/N-ethyl adjacent to an activating group) is 1. The molecule has 0 unspecified atom stereocenters. The zero-order chi connectivity index (χ0) is 11.3. The van der Waals surface area contributed by atoms with Crippen molar-refractivity contribution < 1.29 is 8.78 Å². The minimum Gasteiger partial charge on any atom is -0.399 e. The molecule has 1 rings (SSSR count). The standard InChI is InChI=1S/C11H16F2N2/c1-15(8-11(12)13)6-5-9-3-2-4-10(14)7-9/h2-4,7,11H,5-6,8,14H2,1H3. The molecule has 84 valence electrons. The maximum Gasteiger partial charge on any atom is 0.251 e. The maximum absolute atomic E-state index is 12.0. The highest BCUT2D eigenvalue weighted by Crippen LogP contribution is 2.07. The summed E-state index contributed by atoms with van der Waals surface area (Å²) in [5.41, 5.74) is 7.40. The molecule has 0 saturated heterocycles. The van der Waals surface area contributed by atoms with E-state index in [1.807, 2.05) is 24.3 Å². The quantitative estimate of drug-likeness (QED) is 0.760. The molecule has 0 aromatic heterocycles. The Morgan fingerprint density at radius 1 is 1.40 bits per heavy atom. The molecule has 0 radical (unpaired) electrons. The Balaban J connectivity index is 2.36. The summed E-state index contributed by atoms with van der Waals surface area (Å²) in [6, 6.07) is 7.51. The Morgan fingerprint density at radius 2 is 2.13 bits per heavy atom. The Hall–Kier alpha value is -1.16. The highest BCUT2D eigenvalue weighted by molar-refractivity contribution is 5.40. The summed E-state index contributed by atoms with van der Waals surface area (Å²) in [6.07, 6.45) is -1.52. The Kier molecular flexibility index (Phi) is 4.49. The lowest BCUT2D eigenvalue weighted by atomic mass is 10.1. The van der Waals surface area contributed by atoms with Crippen LogP contribution in [-0.2, 0) is 6.42 Å². The number of nitrogen functional groups attached to an aromatic ring is 1. The molecule has 2 nitrogen and oxygen atoms in total. The molecule has 0 aliphatic heterocycles. The summed E-state index contributed by atoms with van der Waals surface area (Å²) in [6.45, 7) is 0.441. The minimum atomic E-state index is -2.27. The molecule has 0 bridgehead atoms. The van der Waals surface area contributed by atoms with Gasteiger partial charge in [0.1, 0.15) is 0 Å². The van der Waals surface area contributed by atoms with E-state index >= 15 is 0 Å². The van der Waals surface area contributed by atoms with Crippen molar-refractivity contribution >= 4 is 5.69 Å². The van der Waals surface area contributed by atoms with E-state index in [0.717, 1.165) is 12.0 Å². The smallest absolute Gasteiger partial charge is 0.251 e. The zero-order valence-corrected chi connectivity index (χ0v) is 8.79. The summed E-state index contributed by atoms with van der Waals surface area (Å²) in [4.78, 5) is 1.62. The Morgan fingerprint density at radius 3 is 2.73 bits per heavy atom. The first-order valence-corrected chi connectivity index (χ1v) is 4.89. The van der Waals surface area contributed by atoms with E-state index in [1.165, 1.54) is 0 Å². The first kappa shape index (κ1) is 11.9. The number of nitrogens with two attached hydrogens (primary N) is 1. The van der Waals surface area contributed by atoms with Crippen LogP contribution in [0.4, 0.5) is 14.5 Å². The van der Waals surface area contributed by atoms with Crippen molar-refractivity contribution in [3.63, 3.8) is 0 Å². The molecule has 0 spiro atoms. The molecule has 2 N–H and O–H groups in total. The molecule has 1 aromatic carbocycles. The molecular weight excluding hydrogens is 198 g/mol. The molecule has 0 aliphatic rings. The van der Waals surface area contributed by atoms with E-state index in [1.54, 1.807) is 11.9 Å². The third-order valence-electron chi connectivity index (χ3n) is 2.18. The summed E-state index contributed by atoms with van der Waals surface area (Å²) < 4.78 is 24.0. The number of hydrogen-bond acceptors (Lipinski definition) is 2. The molecule has 0 heterocycles. The van der Waals surface area contributed by atoms with Crippen LogP contribution < -0.4 is 5.73 Å². The maximum atomic E-state index is 12.0. The van der Waals surface area contributed by atoms with Crippen molar-refractivity contribution in [2.24, 2.45) is 0 Å². The van der Waals surface area contributed by atoms with Gasteiger partial charge in [-0.1, -0.05) is 12.1 Å². The molecule has 0 fully saturated rings. The Bertz CT molecular complexity index is 302. The first-order chi connectivity index (χ1) is 7.08. The molecule has 0 aliphatic carbocycles. The normalized spacial score (nSPS) is 11.3. The van der Waals surface area contributed by atoms with Gasteiger partial charge in [-0.25, -0.2) is 8.78 Å². The second kappa shape index (κ2) is 5.66. The van der Waals surface area contributed by atoms with Crippen molar-refractivity contribution in [1.82, 2.24) is 4.90 Å². The third kappa shape index (κ3) is 4.74. The lowest BCUT2D eigenvalue weighted by Gasteiger charge is -2.15. The average molecular weight is 214 g/mol. The zero-order valence-electron chi connectivity index (χ0n) is 8.79. The number of benzene rings is 1. The molecule has 0 atom stereocenters. The van der Waals surface area contributed by atoms with Crippen LogP contribution in [0, 0.1) is 0 Å². The minimum absolute atomic E-state index is 0.178. The predicted octanol–water partition coefficient (Wildman–Crippen LogP) is 2.01. The second-order valence-corrected chi connectivity index (χ2v) is 3.65. The number of rotatable bonds is 5. The number of halogens is 2. The highest BCUT2D eigenvalue weighted by atomic mass is 19.3. The molecule has 4 heteroatoms. The van der Waals surface area contributed by atoms with E-state index in [0.29, 0.717) is 12.2 Å². The van der Waals surface area contributed by atoms with E-state index in [4.69, 9.17) is 5.73 Å². The summed E-state index contributed by atoms with van der Waals surface area (Å²) >= 11 is 0. The van der Waals surface area contributed by atoms with Crippen molar-refractivity contribution in [3.8, 4) is 0 Å². The van der Waals surface area contributed by atoms with Gasteiger partial charge in [-0.2, -0.15) is 0 Å². The van der Waals surface area contributed by atoms with Gasteiger partial charge in [-0.15, -0.1) is 0 Å². The fraction of sp³-hybridized carbons (Fsp3) is 0.455. The van der Waals surface area contributed by atoms with Crippen molar-refractivity contribution in [1.29, 1.82) is 0 Å². The van der Waals surface area contributed by atoms with Crippen LogP contribution >= 0.6 is 0 Å². The number of hydrogen-bond donors (Lipinski definition) is 1. The van der Waals surface area contributed by atoms with Gasteiger partial charge in [0.05, 0.1) is 6.54 Å². The topological polar surface area (TPSA) is 29.3 Å². The lowest BCUT2D eigenvalue weighted by molar-refractivity contribution is 0.101. The fourth-order valence-corrected chi connectivity index (χ4v) is 1.40. The van der Waals surface area contributed by atoms with Gasteiger partial charge in [0.25, 0.3) is 6.43 Å². The van der Waals surface area contributed by atoms with Crippen LogP contribution in [0.1, 0.15) is 5.56 Å². The molecule has 15 heavy (non-hydrogen) atoms. The molecule has 0 amide bonds. The molecular formula is C11H16F2N2. The first-order valence-electron chi connectivity index (χ1n) is 4.89. The van der Waals surface area contributed by atoms with Gasteiger partial charge in [0.2, 0.25) is 0 Å². The van der Waals surface area contributed by atoms with Gasteiger partial charge < -0.3 is 10.6 Å². The summed E-state index contributed by atoms with van der Waals surface area (Å²) in [5, 5.41) is 0. The van der Waals surface area contributed by atoms with Crippen molar-refractivity contribution in [2.45, 2.75) is 12.8 Å². The van der Waals surface area contributed by atoms with Gasteiger partial charge >= 0.3 is 0 Å². The summed E-state index contributed by atoms with van der Waals surface area (Å²) in [7, 11) is 1.69. The molecule has 1 aromatic rings. The van der Waals surface area contributed by atoms with Crippen LogP contribution in [0.3, 0.4) is 0 Å². The predicted molar refractivity (Wildman–Crippen MR) is 58.1 cm³/mol. The average Bonchev–Trinajstić information content (AvgIpc) is 2.14. The fourth-order valence-electron chi connectivity index (χ4n) is 1.40. The molecule has 0 saturated carbocycles. The SMILES string of the molecule is CN(CCc1cccc(N)c1)CC(F)F. The van der Waals surface area contributed by atoms with Gasteiger partial charge in [-0.05, 0) is 31.2 Å².